The number of fused-ring (bicyclic) bond motifs is 1. The predicted octanol–water partition coefficient (Wildman–Crippen LogP) is 5.01. The minimum absolute atomic E-state index is 0.415. The Kier molecular flexibility index (Phi) is 5.18. The minimum Gasteiger partial charge on any atom is -0.361 e. The van der Waals surface area contributed by atoms with E-state index in [2.05, 4.69) is 49.8 Å². The second-order valence-electron chi connectivity index (χ2n) is 7.68. The zero-order chi connectivity index (χ0) is 20.3. The zero-order valence-electron chi connectivity index (χ0n) is 16.5. The van der Waals surface area contributed by atoms with E-state index in [0.717, 1.165) is 36.1 Å². The van der Waals surface area contributed by atoms with Crippen molar-refractivity contribution in [3.63, 3.8) is 0 Å². The fraction of sp³-hybridized carbons (Fsp3) is 0.261. The number of H-pyrrole nitrogens is 1. The monoisotopic (exact) mass is 414 g/mol. The van der Waals surface area contributed by atoms with E-state index in [0.29, 0.717) is 11.6 Å². The average molecular weight is 415 g/mol. The molecule has 1 saturated heterocycles. The molecule has 4 aromatic rings. The normalized spacial score (nSPS) is 17.1. The first-order chi connectivity index (χ1) is 14.8. The molecule has 1 atom stereocenters. The molecule has 1 unspecified atom stereocenters. The number of aromatic nitrogens is 3. The Morgan fingerprint density at radius 3 is 3.10 bits per heavy atom. The Hall–Kier alpha value is -3.21. The molecule has 3 aromatic heterocycles. The number of rotatable bonds is 5. The van der Waals surface area contributed by atoms with Gasteiger partial charge < -0.3 is 10.3 Å². The van der Waals surface area contributed by atoms with Gasteiger partial charge in [-0.1, -0.05) is 12.1 Å². The van der Waals surface area contributed by atoms with Gasteiger partial charge in [0.2, 0.25) is 0 Å². The smallest absolute Gasteiger partial charge is 0.187 e. The molecular formula is C23H22N6S. The van der Waals surface area contributed by atoms with E-state index < -0.39 is 0 Å². The van der Waals surface area contributed by atoms with Crippen LogP contribution in [0, 0.1) is 11.3 Å². The summed E-state index contributed by atoms with van der Waals surface area (Å²) >= 11 is 1.62. The molecule has 0 aliphatic carbocycles. The molecule has 4 heterocycles. The molecule has 1 fully saturated rings. The van der Waals surface area contributed by atoms with Gasteiger partial charge in [-0.15, -0.1) is 11.3 Å². The number of piperidine rings is 1. The summed E-state index contributed by atoms with van der Waals surface area (Å²) < 4.78 is 0. The van der Waals surface area contributed by atoms with Crippen molar-refractivity contribution in [2.75, 3.05) is 18.4 Å². The third-order valence-corrected chi connectivity index (χ3v) is 6.43. The van der Waals surface area contributed by atoms with Gasteiger partial charge in [0, 0.05) is 41.5 Å². The van der Waals surface area contributed by atoms with Crippen LogP contribution in [0.3, 0.4) is 0 Å². The lowest BCUT2D eigenvalue weighted by atomic mass is 9.95. The van der Waals surface area contributed by atoms with Crippen LogP contribution < -0.4 is 5.32 Å². The number of aromatic amines is 1. The van der Waals surface area contributed by atoms with Crippen molar-refractivity contribution >= 4 is 33.1 Å². The van der Waals surface area contributed by atoms with Gasteiger partial charge in [-0.2, -0.15) is 5.26 Å². The molecule has 7 heteroatoms. The maximum Gasteiger partial charge on any atom is 0.187 e. The standard InChI is InChI=1S/C23H22N6S/c24-11-18-6-7-19(12-26-18)27-23-28-22(15-30-23)17-4-2-10-29(14-17)13-16-3-1-5-21-20(16)8-9-25-21/h1,3,5-9,12,15,17,25H,2,4,10,13-14H2,(H,27,28). The summed E-state index contributed by atoms with van der Waals surface area (Å²) in [4.78, 5) is 14.8. The summed E-state index contributed by atoms with van der Waals surface area (Å²) in [5.74, 6) is 0.454. The maximum atomic E-state index is 8.87. The highest BCUT2D eigenvalue weighted by molar-refractivity contribution is 7.13. The Morgan fingerprint density at radius 2 is 2.23 bits per heavy atom. The number of nitrogens with one attached hydrogen (secondary N) is 2. The molecule has 1 aromatic carbocycles. The molecular weight excluding hydrogens is 392 g/mol. The van der Waals surface area contributed by atoms with E-state index in [1.807, 2.05) is 18.3 Å². The van der Waals surface area contributed by atoms with Gasteiger partial charge in [0.25, 0.3) is 0 Å². The summed E-state index contributed by atoms with van der Waals surface area (Å²) in [5.41, 5.74) is 5.00. The minimum atomic E-state index is 0.415. The highest BCUT2D eigenvalue weighted by atomic mass is 32.1. The zero-order valence-corrected chi connectivity index (χ0v) is 17.3. The summed E-state index contributed by atoms with van der Waals surface area (Å²) in [6.45, 7) is 3.13. The van der Waals surface area contributed by atoms with E-state index >= 15 is 0 Å². The molecule has 5 rings (SSSR count). The van der Waals surface area contributed by atoms with Crippen LogP contribution in [0.25, 0.3) is 10.9 Å². The molecule has 1 aliphatic heterocycles. The van der Waals surface area contributed by atoms with Gasteiger partial charge in [-0.05, 0) is 49.2 Å². The van der Waals surface area contributed by atoms with Crippen molar-refractivity contribution in [3.05, 3.63) is 71.1 Å². The Bertz CT molecular complexity index is 1190. The van der Waals surface area contributed by atoms with Gasteiger partial charge in [0.15, 0.2) is 5.13 Å². The van der Waals surface area contributed by atoms with Crippen molar-refractivity contribution < 1.29 is 0 Å². The maximum absolute atomic E-state index is 8.87. The van der Waals surface area contributed by atoms with Crippen molar-refractivity contribution in [3.8, 4) is 6.07 Å². The number of nitrogens with zero attached hydrogens (tertiary/aromatic N) is 4. The molecule has 6 nitrogen and oxygen atoms in total. The van der Waals surface area contributed by atoms with E-state index in [1.165, 1.54) is 29.3 Å². The second-order valence-corrected chi connectivity index (χ2v) is 8.53. The summed E-state index contributed by atoms with van der Waals surface area (Å²) in [5, 5.41) is 16.5. The molecule has 150 valence electrons. The van der Waals surface area contributed by atoms with Gasteiger partial charge >= 0.3 is 0 Å². The fourth-order valence-corrected chi connectivity index (χ4v) is 4.97. The Labute approximate surface area is 179 Å². The number of pyridine rings is 1. The van der Waals surface area contributed by atoms with Crippen LogP contribution in [-0.4, -0.2) is 32.9 Å². The third kappa shape index (κ3) is 3.92. The van der Waals surface area contributed by atoms with E-state index in [9.17, 15) is 0 Å². The molecule has 0 saturated carbocycles. The first kappa shape index (κ1) is 18.8. The predicted molar refractivity (Wildman–Crippen MR) is 120 cm³/mol. The van der Waals surface area contributed by atoms with Crippen molar-refractivity contribution in [1.82, 2.24) is 19.9 Å². The van der Waals surface area contributed by atoms with Crippen LogP contribution >= 0.6 is 11.3 Å². The topological polar surface area (TPSA) is 80.6 Å². The molecule has 2 N–H and O–H groups in total. The van der Waals surface area contributed by atoms with Gasteiger partial charge in [-0.3, -0.25) is 4.90 Å². The number of hydrogen-bond donors (Lipinski definition) is 2. The van der Waals surface area contributed by atoms with E-state index in [4.69, 9.17) is 10.2 Å². The summed E-state index contributed by atoms with van der Waals surface area (Å²) in [7, 11) is 0. The molecule has 0 radical (unpaired) electrons. The van der Waals surface area contributed by atoms with Crippen molar-refractivity contribution in [2.24, 2.45) is 0 Å². The van der Waals surface area contributed by atoms with E-state index in [1.54, 1.807) is 23.6 Å². The number of hydrogen-bond acceptors (Lipinski definition) is 6. The van der Waals surface area contributed by atoms with Crippen molar-refractivity contribution in [2.45, 2.75) is 25.3 Å². The van der Waals surface area contributed by atoms with Crippen LogP contribution in [0.1, 0.15) is 35.7 Å². The van der Waals surface area contributed by atoms with E-state index in [-0.39, 0.29) is 0 Å². The Morgan fingerprint density at radius 1 is 1.27 bits per heavy atom. The van der Waals surface area contributed by atoms with Crippen LogP contribution in [0.4, 0.5) is 10.8 Å². The first-order valence-corrected chi connectivity index (χ1v) is 11.0. The highest BCUT2D eigenvalue weighted by Crippen LogP contribution is 2.31. The quantitative estimate of drug-likeness (QED) is 0.480. The summed E-state index contributed by atoms with van der Waals surface area (Å²) in [6, 6.07) is 14.3. The average Bonchev–Trinajstić information content (AvgIpc) is 3.45. The number of benzene rings is 1. The van der Waals surface area contributed by atoms with Crippen LogP contribution in [0.15, 0.2) is 54.2 Å². The number of nitriles is 1. The number of likely N-dealkylation sites (tertiary alicyclic amines) is 1. The number of thiazole rings is 1. The van der Waals surface area contributed by atoms with Gasteiger partial charge in [-0.25, -0.2) is 9.97 Å². The molecule has 0 bridgehead atoms. The van der Waals surface area contributed by atoms with Crippen LogP contribution in [0.2, 0.25) is 0 Å². The largest absolute Gasteiger partial charge is 0.361 e. The first-order valence-electron chi connectivity index (χ1n) is 10.1. The SMILES string of the molecule is N#Cc1ccc(Nc2nc(C3CCCN(Cc4cccc5[nH]ccc45)C3)cs2)cn1. The summed E-state index contributed by atoms with van der Waals surface area (Å²) in [6.07, 6.45) is 6.05. The molecule has 0 amide bonds. The molecule has 1 aliphatic rings. The van der Waals surface area contributed by atoms with Gasteiger partial charge in [0.1, 0.15) is 11.8 Å². The molecule has 0 spiro atoms. The highest BCUT2D eigenvalue weighted by Gasteiger charge is 2.24. The lowest BCUT2D eigenvalue weighted by Crippen LogP contribution is -2.34. The third-order valence-electron chi connectivity index (χ3n) is 5.65. The molecule has 30 heavy (non-hydrogen) atoms. The van der Waals surface area contributed by atoms with Gasteiger partial charge in [0.05, 0.1) is 17.6 Å². The second kappa shape index (κ2) is 8.27. The lowest BCUT2D eigenvalue weighted by molar-refractivity contribution is 0.199. The lowest BCUT2D eigenvalue weighted by Gasteiger charge is -2.32. The fourth-order valence-electron chi connectivity index (χ4n) is 4.16. The van der Waals surface area contributed by atoms with Crippen LogP contribution in [0.5, 0.6) is 0 Å². The Balaban J connectivity index is 1.26. The van der Waals surface area contributed by atoms with Crippen molar-refractivity contribution in [1.29, 1.82) is 5.26 Å². The number of anilines is 2. The van der Waals surface area contributed by atoms with Crippen LogP contribution in [-0.2, 0) is 6.54 Å².